The van der Waals surface area contributed by atoms with Crippen molar-refractivity contribution in [3.05, 3.63) is 30.6 Å². The molecular formula is C15H23N5. The highest BCUT2D eigenvalue weighted by molar-refractivity contribution is 5.51. The van der Waals surface area contributed by atoms with E-state index in [0.29, 0.717) is 0 Å². The number of hydrogen-bond donors (Lipinski definition) is 1. The van der Waals surface area contributed by atoms with E-state index in [1.165, 1.54) is 18.8 Å². The molecule has 108 valence electrons. The van der Waals surface area contributed by atoms with E-state index in [0.717, 1.165) is 44.8 Å². The Hall–Kier alpha value is -1.59. The average Bonchev–Trinajstić information content (AvgIpc) is 2.83. The van der Waals surface area contributed by atoms with Gasteiger partial charge in [-0.2, -0.15) is 0 Å². The van der Waals surface area contributed by atoms with Crippen LogP contribution in [0.25, 0.3) is 5.65 Å². The Morgan fingerprint density at radius 2 is 2.10 bits per heavy atom. The van der Waals surface area contributed by atoms with Crippen LogP contribution in [0.5, 0.6) is 0 Å². The van der Waals surface area contributed by atoms with E-state index in [4.69, 9.17) is 5.73 Å². The normalized spacial score (nSPS) is 17.6. The van der Waals surface area contributed by atoms with Gasteiger partial charge in [-0.15, -0.1) is 0 Å². The van der Waals surface area contributed by atoms with Gasteiger partial charge >= 0.3 is 0 Å². The molecule has 0 radical (unpaired) electrons. The van der Waals surface area contributed by atoms with Crippen molar-refractivity contribution in [2.45, 2.75) is 12.8 Å². The Balaban J connectivity index is 1.73. The number of nitrogens with zero attached hydrogens (tertiary/aromatic N) is 4. The Bertz CT molecular complexity index is 550. The molecule has 5 heteroatoms. The third-order valence-electron chi connectivity index (χ3n) is 4.00. The van der Waals surface area contributed by atoms with Gasteiger partial charge in [-0.05, 0) is 44.6 Å². The lowest BCUT2D eigenvalue weighted by Crippen LogP contribution is -2.32. The summed E-state index contributed by atoms with van der Waals surface area (Å²) in [6.07, 6.45) is 6.21. The lowest BCUT2D eigenvalue weighted by Gasteiger charge is -2.24. The predicted molar refractivity (Wildman–Crippen MR) is 82.1 cm³/mol. The number of nitrogens with two attached hydrogens (primary N) is 1. The Kier molecular flexibility index (Phi) is 4.18. The molecule has 1 fully saturated rings. The zero-order chi connectivity index (χ0) is 13.8. The third kappa shape index (κ3) is 2.78. The quantitative estimate of drug-likeness (QED) is 0.909. The van der Waals surface area contributed by atoms with Gasteiger partial charge in [0.2, 0.25) is 0 Å². The van der Waals surface area contributed by atoms with Crippen LogP contribution in [-0.2, 0) is 0 Å². The maximum atomic E-state index is 5.61. The molecule has 2 N–H and O–H groups in total. The lowest BCUT2D eigenvalue weighted by molar-refractivity contribution is 0.291. The van der Waals surface area contributed by atoms with Gasteiger partial charge in [-0.25, -0.2) is 4.98 Å². The van der Waals surface area contributed by atoms with Gasteiger partial charge in [0.05, 0.1) is 0 Å². The molecule has 5 nitrogen and oxygen atoms in total. The van der Waals surface area contributed by atoms with E-state index in [-0.39, 0.29) is 0 Å². The van der Waals surface area contributed by atoms with Crippen LogP contribution in [0.15, 0.2) is 30.6 Å². The van der Waals surface area contributed by atoms with Crippen molar-refractivity contribution in [3.63, 3.8) is 0 Å². The third-order valence-corrected chi connectivity index (χ3v) is 4.00. The first-order valence-electron chi connectivity index (χ1n) is 7.48. The molecule has 3 heterocycles. The van der Waals surface area contributed by atoms with Gasteiger partial charge in [-0.3, -0.25) is 4.40 Å². The van der Waals surface area contributed by atoms with Gasteiger partial charge in [0.15, 0.2) is 0 Å². The molecule has 0 bridgehead atoms. The van der Waals surface area contributed by atoms with E-state index < -0.39 is 0 Å². The molecule has 1 aliphatic heterocycles. The summed E-state index contributed by atoms with van der Waals surface area (Å²) >= 11 is 0. The van der Waals surface area contributed by atoms with Crippen LogP contribution in [0.2, 0.25) is 0 Å². The summed E-state index contributed by atoms with van der Waals surface area (Å²) in [6.45, 7) is 6.38. The van der Waals surface area contributed by atoms with E-state index in [1.54, 1.807) is 0 Å². The van der Waals surface area contributed by atoms with Crippen molar-refractivity contribution < 1.29 is 0 Å². The van der Waals surface area contributed by atoms with Gasteiger partial charge in [-0.1, -0.05) is 6.07 Å². The van der Waals surface area contributed by atoms with Crippen molar-refractivity contribution >= 4 is 11.5 Å². The highest BCUT2D eigenvalue weighted by Gasteiger charge is 2.16. The smallest absolute Gasteiger partial charge is 0.138 e. The summed E-state index contributed by atoms with van der Waals surface area (Å²) in [5, 5.41) is 0. The molecule has 2 aromatic rings. The molecule has 0 saturated carbocycles. The minimum absolute atomic E-state index is 0.786. The molecule has 0 spiro atoms. The Morgan fingerprint density at radius 3 is 3.00 bits per heavy atom. The number of imidazole rings is 1. The summed E-state index contributed by atoms with van der Waals surface area (Å²) in [6, 6.07) is 6.33. The number of hydrogen-bond acceptors (Lipinski definition) is 4. The average molecular weight is 273 g/mol. The maximum Gasteiger partial charge on any atom is 0.138 e. The van der Waals surface area contributed by atoms with Gasteiger partial charge in [0, 0.05) is 32.0 Å². The SMILES string of the molecule is NCCCN1CCCN(c2cccc3nccn23)CC1. The number of fused-ring (bicyclic) bond motifs is 1. The zero-order valence-electron chi connectivity index (χ0n) is 11.9. The van der Waals surface area contributed by atoms with Gasteiger partial charge < -0.3 is 15.5 Å². The van der Waals surface area contributed by atoms with Crippen LogP contribution < -0.4 is 10.6 Å². The van der Waals surface area contributed by atoms with Crippen LogP contribution >= 0.6 is 0 Å². The number of pyridine rings is 1. The number of anilines is 1. The summed E-state index contributed by atoms with van der Waals surface area (Å²) in [5.74, 6) is 1.25. The van der Waals surface area contributed by atoms with Crippen molar-refractivity contribution in [3.8, 4) is 0 Å². The Morgan fingerprint density at radius 1 is 1.15 bits per heavy atom. The minimum Gasteiger partial charge on any atom is -0.356 e. The topological polar surface area (TPSA) is 49.8 Å². The fourth-order valence-corrected chi connectivity index (χ4v) is 2.93. The van der Waals surface area contributed by atoms with E-state index in [1.807, 2.05) is 12.4 Å². The lowest BCUT2D eigenvalue weighted by atomic mass is 10.3. The number of aromatic nitrogens is 2. The van der Waals surface area contributed by atoms with Crippen LogP contribution in [0.4, 0.5) is 5.82 Å². The largest absolute Gasteiger partial charge is 0.356 e. The second kappa shape index (κ2) is 6.24. The highest BCUT2D eigenvalue weighted by Crippen LogP contribution is 2.18. The van der Waals surface area contributed by atoms with Gasteiger partial charge in [0.25, 0.3) is 0 Å². The fourth-order valence-electron chi connectivity index (χ4n) is 2.93. The molecule has 1 saturated heterocycles. The maximum absolute atomic E-state index is 5.61. The summed E-state index contributed by atoms with van der Waals surface area (Å²) in [5.41, 5.74) is 6.63. The Labute approximate surface area is 120 Å². The molecule has 0 unspecified atom stereocenters. The molecule has 0 atom stereocenters. The van der Waals surface area contributed by atoms with Crippen LogP contribution in [0.3, 0.4) is 0 Å². The summed E-state index contributed by atoms with van der Waals surface area (Å²) in [7, 11) is 0. The number of rotatable bonds is 4. The first kappa shape index (κ1) is 13.4. The molecule has 0 amide bonds. The molecule has 0 aromatic carbocycles. The monoisotopic (exact) mass is 273 g/mol. The molecule has 3 rings (SSSR count). The molecule has 1 aliphatic rings. The van der Waals surface area contributed by atoms with Crippen molar-refractivity contribution in [1.29, 1.82) is 0 Å². The summed E-state index contributed by atoms with van der Waals surface area (Å²) in [4.78, 5) is 9.36. The highest BCUT2D eigenvalue weighted by atomic mass is 15.3. The predicted octanol–water partition coefficient (Wildman–Crippen LogP) is 1.20. The van der Waals surface area contributed by atoms with E-state index >= 15 is 0 Å². The van der Waals surface area contributed by atoms with Gasteiger partial charge in [0.1, 0.15) is 11.5 Å². The van der Waals surface area contributed by atoms with Crippen LogP contribution in [0.1, 0.15) is 12.8 Å². The zero-order valence-corrected chi connectivity index (χ0v) is 11.9. The second-order valence-corrected chi connectivity index (χ2v) is 5.36. The van der Waals surface area contributed by atoms with Crippen molar-refractivity contribution in [1.82, 2.24) is 14.3 Å². The van der Waals surface area contributed by atoms with Crippen LogP contribution in [-0.4, -0.2) is 53.6 Å². The van der Waals surface area contributed by atoms with Crippen LogP contribution in [0, 0.1) is 0 Å². The van der Waals surface area contributed by atoms with E-state index in [9.17, 15) is 0 Å². The van der Waals surface area contributed by atoms with Crippen molar-refractivity contribution in [2.75, 3.05) is 44.2 Å². The first-order chi connectivity index (χ1) is 9.88. The second-order valence-electron chi connectivity index (χ2n) is 5.36. The van der Waals surface area contributed by atoms with Crippen molar-refractivity contribution in [2.24, 2.45) is 5.73 Å². The molecule has 0 aliphatic carbocycles. The standard InChI is InChI=1S/C15H23N5/c16-6-2-8-18-9-3-10-19(13-12-18)15-5-1-4-14-17-7-11-20(14)15/h1,4-5,7,11H,2-3,6,8-10,12-13,16H2. The summed E-state index contributed by atoms with van der Waals surface area (Å²) < 4.78 is 2.18. The molecule has 2 aromatic heterocycles. The first-order valence-corrected chi connectivity index (χ1v) is 7.48. The fraction of sp³-hybridized carbons (Fsp3) is 0.533. The van der Waals surface area contributed by atoms with E-state index in [2.05, 4.69) is 37.4 Å². The molecule has 20 heavy (non-hydrogen) atoms. The minimum atomic E-state index is 0.786. The molecular weight excluding hydrogens is 250 g/mol.